The second-order valence-electron chi connectivity index (χ2n) is 7.87. The number of rotatable bonds is 5. The smallest absolute Gasteiger partial charge is 0.267 e. The lowest BCUT2D eigenvalue weighted by Gasteiger charge is -2.40. The highest BCUT2D eigenvalue weighted by Crippen LogP contribution is 2.19. The van der Waals surface area contributed by atoms with Crippen molar-refractivity contribution in [2.75, 3.05) is 39.3 Å². The van der Waals surface area contributed by atoms with Gasteiger partial charge in [-0.05, 0) is 57.2 Å². The van der Waals surface area contributed by atoms with E-state index in [9.17, 15) is 4.79 Å². The van der Waals surface area contributed by atoms with Crippen molar-refractivity contribution < 1.29 is 0 Å². The molecule has 2 saturated heterocycles. The minimum atomic E-state index is 0.0995. The van der Waals surface area contributed by atoms with Crippen LogP contribution in [0.3, 0.4) is 0 Å². The Balaban J connectivity index is 1.25. The lowest BCUT2D eigenvalue weighted by atomic mass is 9.96. The van der Waals surface area contributed by atoms with Gasteiger partial charge in [-0.1, -0.05) is 6.42 Å². The van der Waals surface area contributed by atoms with E-state index in [4.69, 9.17) is 0 Å². The van der Waals surface area contributed by atoms with Crippen LogP contribution >= 0.6 is 0 Å². The van der Waals surface area contributed by atoms with Crippen molar-refractivity contribution in [3.8, 4) is 0 Å². The van der Waals surface area contributed by atoms with Crippen LogP contribution in [0.1, 0.15) is 43.4 Å². The van der Waals surface area contributed by atoms with E-state index in [-0.39, 0.29) is 5.56 Å². The zero-order valence-electron chi connectivity index (χ0n) is 14.8. The molecule has 24 heavy (non-hydrogen) atoms. The number of aromatic nitrogens is 2. The van der Waals surface area contributed by atoms with Crippen LogP contribution in [-0.4, -0.2) is 58.8 Å². The highest BCUT2D eigenvalue weighted by Gasteiger charge is 2.28. The number of aryl methyl sites for hydroxylation is 2. The molecule has 0 unspecified atom stereocenters. The molecule has 0 atom stereocenters. The van der Waals surface area contributed by atoms with Gasteiger partial charge < -0.3 is 9.80 Å². The van der Waals surface area contributed by atoms with Crippen molar-refractivity contribution in [3.05, 3.63) is 27.7 Å². The predicted molar refractivity (Wildman–Crippen MR) is 95.4 cm³/mol. The maximum atomic E-state index is 12.3. The second kappa shape index (κ2) is 7.36. The normalized spacial score (nSPS) is 23.0. The van der Waals surface area contributed by atoms with Gasteiger partial charge in [0.15, 0.2) is 0 Å². The quantitative estimate of drug-likeness (QED) is 0.821. The standard InChI is InChI=1S/C19H30N4O/c24-19-12-17-6-2-3-7-18(17)20-23(19)15-16-13-22(14-16)11-10-21-8-4-1-5-9-21/h12,16H,1-11,13-15H2. The summed E-state index contributed by atoms with van der Waals surface area (Å²) in [7, 11) is 0. The molecular formula is C19H30N4O. The first-order chi connectivity index (χ1) is 11.8. The average molecular weight is 330 g/mol. The molecule has 0 spiro atoms. The summed E-state index contributed by atoms with van der Waals surface area (Å²) in [5.74, 6) is 0.596. The van der Waals surface area contributed by atoms with Gasteiger partial charge in [-0.15, -0.1) is 0 Å². The summed E-state index contributed by atoms with van der Waals surface area (Å²) in [5.41, 5.74) is 2.46. The van der Waals surface area contributed by atoms with Crippen molar-refractivity contribution in [3.63, 3.8) is 0 Å². The lowest BCUT2D eigenvalue weighted by molar-refractivity contribution is 0.0683. The summed E-state index contributed by atoms with van der Waals surface area (Å²) >= 11 is 0. The molecule has 2 aliphatic heterocycles. The van der Waals surface area contributed by atoms with E-state index in [1.807, 2.05) is 6.07 Å². The van der Waals surface area contributed by atoms with Crippen LogP contribution in [0.25, 0.3) is 0 Å². The molecule has 1 aromatic rings. The van der Waals surface area contributed by atoms with Gasteiger partial charge in [0.05, 0.1) is 12.2 Å². The molecule has 0 amide bonds. The van der Waals surface area contributed by atoms with E-state index in [0.29, 0.717) is 5.92 Å². The molecule has 3 heterocycles. The molecule has 1 aliphatic carbocycles. The summed E-state index contributed by atoms with van der Waals surface area (Å²) in [4.78, 5) is 17.4. The first kappa shape index (κ1) is 16.3. The first-order valence-electron chi connectivity index (χ1n) is 9.82. The summed E-state index contributed by atoms with van der Waals surface area (Å²) < 4.78 is 1.73. The summed E-state index contributed by atoms with van der Waals surface area (Å²) in [6, 6.07) is 1.84. The molecule has 0 N–H and O–H groups in total. The third-order valence-corrected chi connectivity index (χ3v) is 5.92. The number of piperidine rings is 1. The predicted octanol–water partition coefficient (Wildman–Crippen LogP) is 1.54. The van der Waals surface area contributed by atoms with E-state index >= 15 is 0 Å². The van der Waals surface area contributed by atoms with Crippen LogP contribution in [0.15, 0.2) is 10.9 Å². The molecule has 3 aliphatic rings. The SMILES string of the molecule is O=c1cc2c(nn1CC1CN(CCN3CCCCC3)C1)CCCC2. The van der Waals surface area contributed by atoms with Gasteiger partial charge in [0.2, 0.25) is 0 Å². The molecular weight excluding hydrogens is 300 g/mol. The van der Waals surface area contributed by atoms with E-state index in [2.05, 4.69) is 14.9 Å². The summed E-state index contributed by atoms with van der Waals surface area (Å²) in [6.07, 6.45) is 8.64. The average Bonchev–Trinajstić information content (AvgIpc) is 2.58. The Bertz CT molecular complexity index is 614. The molecule has 1 aromatic heterocycles. The van der Waals surface area contributed by atoms with Crippen molar-refractivity contribution in [2.45, 2.75) is 51.5 Å². The molecule has 0 aromatic carbocycles. The highest BCUT2D eigenvalue weighted by molar-refractivity contribution is 5.20. The Morgan fingerprint density at radius 1 is 0.958 bits per heavy atom. The van der Waals surface area contributed by atoms with E-state index < -0.39 is 0 Å². The molecule has 132 valence electrons. The number of likely N-dealkylation sites (tertiary alicyclic amines) is 2. The molecule has 0 saturated carbocycles. The largest absolute Gasteiger partial charge is 0.302 e. The van der Waals surface area contributed by atoms with E-state index in [1.54, 1.807) is 4.68 Å². The fraction of sp³-hybridized carbons (Fsp3) is 0.789. The van der Waals surface area contributed by atoms with Gasteiger partial charge in [-0.3, -0.25) is 4.79 Å². The lowest BCUT2D eigenvalue weighted by Crippen LogP contribution is -2.52. The minimum Gasteiger partial charge on any atom is -0.302 e. The number of nitrogens with zero attached hydrogens (tertiary/aromatic N) is 4. The molecule has 5 heteroatoms. The van der Waals surface area contributed by atoms with Crippen molar-refractivity contribution in [2.24, 2.45) is 5.92 Å². The third kappa shape index (κ3) is 3.72. The first-order valence-corrected chi connectivity index (χ1v) is 9.82. The zero-order chi connectivity index (χ0) is 16.4. The van der Waals surface area contributed by atoms with Gasteiger partial charge in [-0.2, -0.15) is 5.10 Å². The Morgan fingerprint density at radius 2 is 1.71 bits per heavy atom. The fourth-order valence-electron chi connectivity index (χ4n) is 4.42. The zero-order valence-corrected chi connectivity index (χ0v) is 14.8. The number of hydrogen-bond acceptors (Lipinski definition) is 4. The second-order valence-corrected chi connectivity index (χ2v) is 7.87. The van der Waals surface area contributed by atoms with Crippen LogP contribution < -0.4 is 5.56 Å². The molecule has 5 nitrogen and oxygen atoms in total. The van der Waals surface area contributed by atoms with Gasteiger partial charge >= 0.3 is 0 Å². The van der Waals surface area contributed by atoms with Gasteiger partial charge in [-0.25, -0.2) is 4.68 Å². The third-order valence-electron chi connectivity index (χ3n) is 5.92. The molecule has 0 radical (unpaired) electrons. The molecule has 2 fully saturated rings. The van der Waals surface area contributed by atoms with Gasteiger partial charge in [0.25, 0.3) is 5.56 Å². The van der Waals surface area contributed by atoms with Crippen molar-refractivity contribution in [1.29, 1.82) is 0 Å². The Labute approximate surface area is 144 Å². The van der Waals surface area contributed by atoms with E-state index in [0.717, 1.165) is 32.5 Å². The van der Waals surface area contributed by atoms with Crippen LogP contribution in [-0.2, 0) is 19.4 Å². The highest BCUT2D eigenvalue weighted by atomic mass is 16.1. The fourth-order valence-corrected chi connectivity index (χ4v) is 4.42. The Hall–Kier alpha value is -1.20. The number of hydrogen-bond donors (Lipinski definition) is 0. The van der Waals surface area contributed by atoms with Crippen LogP contribution in [0.5, 0.6) is 0 Å². The Morgan fingerprint density at radius 3 is 2.54 bits per heavy atom. The van der Waals surface area contributed by atoms with Gasteiger partial charge in [0.1, 0.15) is 0 Å². The maximum absolute atomic E-state index is 12.3. The van der Waals surface area contributed by atoms with Crippen molar-refractivity contribution in [1.82, 2.24) is 19.6 Å². The minimum absolute atomic E-state index is 0.0995. The topological polar surface area (TPSA) is 41.4 Å². The van der Waals surface area contributed by atoms with Crippen molar-refractivity contribution >= 4 is 0 Å². The van der Waals surface area contributed by atoms with Gasteiger partial charge in [0, 0.05) is 38.2 Å². The van der Waals surface area contributed by atoms with Crippen LogP contribution in [0.4, 0.5) is 0 Å². The maximum Gasteiger partial charge on any atom is 0.267 e. The van der Waals surface area contributed by atoms with Crippen LogP contribution in [0.2, 0.25) is 0 Å². The summed E-state index contributed by atoms with van der Waals surface area (Å²) in [5, 5.41) is 4.66. The van der Waals surface area contributed by atoms with E-state index in [1.165, 1.54) is 69.5 Å². The number of fused-ring (bicyclic) bond motifs is 1. The molecule has 0 bridgehead atoms. The molecule has 4 rings (SSSR count). The van der Waals surface area contributed by atoms with Crippen LogP contribution in [0, 0.1) is 5.92 Å². The summed E-state index contributed by atoms with van der Waals surface area (Å²) in [6.45, 7) is 8.01. The monoisotopic (exact) mass is 330 g/mol. The Kier molecular flexibility index (Phi) is 4.99.